The average molecular weight is 437 g/mol. The second-order valence-corrected chi connectivity index (χ2v) is 7.96. The first-order valence-electron chi connectivity index (χ1n) is 10.3. The molecule has 0 spiro atoms. The summed E-state index contributed by atoms with van der Waals surface area (Å²) in [4.78, 5) is 47.3. The highest BCUT2D eigenvalue weighted by molar-refractivity contribution is 5.82. The van der Waals surface area contributed by atoms with E-state index in [0.29, 0.717) is 17.9 Å². The van der Waals surface area contributed by atoms with Crippen molar-refractivity contribution in [2.24, 2.45) is 5.92 Å². The fraction of sp³-hybridized carbons (Fsp3) is 0.565. The van der Waals surface area contributed by atoms with Crippen LogP contribution in [0.1, 0.15) is 84.8 Å². The van der Waals surface area contributed by atoms with E-state index >= 15 is 0 Å². The summed E-state index contributed by atoms with van der Waals surface area (Å²) in [5.41, 5.74) is 0.517. The number of ether oxygens (including phenoxy) is 4. The van der Waals surface area contributed by atoms with Crippen LogP contribution in [0.2, 0.25) is 0 Å². The number of carbonyl (C=O) groups is 4. The molecular formula is C23H32O8. The van der Waals surface area contributed by atoms with Crippen LogP contribution >= 0.6 is 0 Å². The van der Waals surface area contributed by atoms with Crippen molar-refractivity contribution in [3.8, 4) is 23.0 Å². The Morgan fingerprint density at radius 3 is 1.32 bits per heavy atom. The summed E-state index contributed by atoms with van der Waals surface area (Å²) >= 11 is 0. The Labute approximate surface area is 183 Å². The molecule has 0 amide bonds. The molecule has 0 unspecified atom stereocenters. The number of benzene rings is 1. The molecule has 172 valence electrons. The maximum Gasteiger partial charge on any atom is 0.308 e. The Bertz CT molecular complexity index is 797. The van der Waals surface area contributed by atoms with E-state index in [1.54, 1.807) is 0 Å². The molecule has 0 radical (unpaired) electrons. The first-order chi connectivity index (χ1) is 14.3. The highest BCUT2D eigenvalue weighted by Crippen LogP contribution is 2.52. The van der Waals surface area contributed by atoms with Gasteiger partial charge in [-0.25, -0.2) is 0 Å². The van der Waals surface area contributed by atoms with Gasteiger partial charge < -0.3 is 18.9 Å². The highest BCUT2D eigenvalue weighted by atomic mass is 16.6. The molecule has 1 aromatic carbocycles. The molecule has 0 saturated heterocycles. The Morgan fingerprint density at radius 1 is 0.645 bits per heavy atom. The topological polar surface area (TPSA) is 105 Å². The van der Waals surface area contributed by atoms with E-state index in [4.69, 9.17) is 18.9 Å². The van der Waals surface area contributed by atoms with Crippen LogP contribution in [-0.2, 0) is 19.2 Å². The molecule has 0 saturated carbocycles. The minimum absolute atomic E-state index is 0.0237. The van der Waals surface area contributed by atoms with Crippen molar-refractivity contribution in [3.63, 3.8) is 0 Å². The maximum atomic E-state index is 11.9. The fourth-order valence-corrected chi connectivity index (χ4v) is 3.24. The van der Waals surface area contributed by atoms with Crippen LogP contribution in [0, 0.1) is 12.8 Å². The molecular weight excluding hydrogens is 404 g/mol. The van der Waals surface area contributed by atoms with Gasteiger partial charge >= 0.3 is 23.9 Å². The van der Waals surface area contributed by atoms with E-state index in [1.807, 2.05) is 6.92 Å². The lowest BCUT2D eigenvalue weighted by Crippen LogP contribution is -2.16. The van der Waals surface area contributed by atoms with Crippen molar-refractivity contribution < 1.29 is 38.1 Å². The third-order valence-corrected chi connectivity index (χ3v) is 4.48. The summed E-state index contributed by atoms with van der Waals surface area (Å²) in [5, 5.41) is 0. The second-order valence-electron chi connectivity index (χ2n) is 7.96. The van der Waals surface area contributed by atoms with Gasteiger partial charge in [0.05, 0.1) is 0 Å². The van der Waals surface area contributed by atoms with E-state index in [1.165, 1.54) is 34.6 Å². The molecule has 0 aliphatic carbocycles. The van der Waals surface area contributed by atoms with E-state index in [2.05, 4.69) is 13.8 Å². The zero-order valence-corrected chi connectivity index (χ0v) is 19.5. The molecule has 0 bridgehead atoms. The van der Waals surface area contributed by atoms with Crippen LogP contribution in [0.3, 0.4) is 0 Å². The molecule has 0 heterocycles. The SMILES string of the molecule is CC(=O)Oc1c(C)c(OC(C)=O)c(OC(C)=O)c([C@@H](C)CCCC(C)C)c1OC(C)=O. The van der Waals surface area contributed by atoms with Gasteiger partial charge in [-0.1, -0.05) is 33.6 Å². The zero-order chi connectivity index (χ0) is 23.9. The van der Waals surface area contributed by atoms with Crippen molar-refractivity contribution in [3.05, 3.63) is 11.1 Å². The minimum atomic E-state index is -0.649. The Balaban J connectivity index is 3.88. The maximum absolute atomic E-state index is 11.9. The molecule has 8 nitrogen and oxygen atoms in total. The van der Waals surface area contributed by atoms with Gasteiger partial charge in [0.15, 0.2) is 23.0 Å². The van der Waals surface area contributed by atoms with Crippen molar-refractivity contribution in [1.29, 1.82) is 0 Å². The highest BCUT2D eigenvalue weighted by Gasteiger charge is 2.32. The third kappa shape index (κ3) is 7.70. The van der Waals surface area contributed by atoms with Gasteiger partial charge in [-0.05, 0) is 25.2 Å². The summed E-state index contributed by atoms with van der Waals surface area (Å²) in [6.45, 7) is 12.5. The Hall–Kier alpha value is -2.90. The third-order valence-electron chi connectivity index (χ3n) is 4.48. The van der Waals surface area contributed by atoms with Crippen molar-refractivity contribution in [2.45, 2.75) is 80.6 Å². The van der Waals surface area contributed by atoms with Gasteiger partial charge in [-0.3, -0.25) is 19.2 Å². The number of esters is 4. The van der Waals surface area contributed by atoms with E-state index in [0.717, 1.165) is 12.8 Å². The molecule has 0 aliphatic rings. The standard InChI is InChI=1S/C23H32O8/c1-12(2)10-9-11-13(3)19-22(30-17(7)26)20(28-15(5)24)14(4)21(29-16(6)25)23(19)31-18(8)27/h12-13H,9-11H2,1-8H3/t13-/m0/s1. The quantitative estimate of drug-likeness (QED) is 0.408. The second kappa shape index (κ2) is 11.5. The molecule has 0 fully saturated rings. The van der Waals surface area contributed by atoms with Gasteiger partial charge in [0, 0.05) is 38.8 Å². The van der Waals surface area contributed by atoms with Crippen LogP contribution in [-0.4, -0.2) is 23.9 Å². The predicted molar refractivity (Wildman–Crippen MR) is 114 cm³/mol. The molecule has 31 heavy (non-hydrogen) atoms. The normalized spacial score (nSPS) is 11.6. The summed E-state index contributed by atoms with van der Waals surface area (Å²) in [6, 6.07) is 0. The van der Waals surface area contributed by atoms with Gasteiger partial charge in [0.25, 0.3) is 0 Å². The Morgan fingerprint density at radius 2 is 1.00 bits per heavy atom. The number of carbonyl (C=O) groups excluding carboxylic acids is 4. The summed E-state index contributed by atoms with van der Waals surface area (Å²) in [5.74, 6) is -2.51. The fourth-order valence-electron chi connectivity index (χ4n) is 3.24. The predicted octanol–water partition coefficient (Wildman–Crippen LogP) is 4.63. The van der Waals surface area contributed by atoms with Crippen molar-refractivity contribution in [1.82, 2.24) is 0 Å². The summed E-state index contributed by atoms with van der Waals surface area (Å²) in [6.07, 6.45) is 2.50. The lowest BCUT2D eigenvalue weighted by Gasteiger charge is -2.25. The van der Waals surface area contributed by atoms with Crippen LogP contribution in [0.25, 0.3) is 0 Å². The van der Waals surface area contributed by atoms with Gasteiger partial charge in [0.1, 0.15) is 0 Å². The van der Waals surface area contributed by atoms with Crippen LogP contribution in [0.4, 0.5) is 0 Å². The van der Waals surface area contributed by atoms with E-state index in [-0.39, 0.29) is 34.5 Å². The van der Waals surface area contributed by atoms with Crippen LogP contribution in [0.15, 0.2) is 0 Å². The van der Waals surface area contributed by atoms with E-state index in [9.17, 15) is 19.2 Å². The molecule has 0 N–H and O–H groups in total. The van der Waals surface area contributed by atoms with Crippen LogP contribution < -0.4 is 18.9 Å². The van der Waals surface area contributed by atoms with Gasteiger partial charge in [0.2, 0.25) is 0 Å². The largest absolute Gasteiger partial charge is 0.422 e. The first-order valence-corrected chi connectivity index (χ1v) is 10.3. The minimum Gasteiger partial charge on any atom is -0.422 e. The van der Waals surface area contributed by atoms with Crippen LogP contribution in [0.5, 0.6) is 23.0 Å². The summed E-state index contributed by atoms with van der Waals surface area (Å²) < 4.78 is 21.6. The Kier molecular flexibility index (Phi) is 9.68. The molecule has 1 atom stereocenters. The number of hydrogen-bond acceptors (Lipinski definition) is 8. The lowest BCUT2D eigenvalue weighted by atomic mass is 9.90. The van der Waals surface area contributed by atoms with Gasteiger partial charge in [-0.2, -0.15) is 0 Å². The van der Waals surface area contributed by atoms with Crippen molar-refractivity contribution >= 4 is 23.9 Å². The first kappa shape index (κ1) is 26.1. The average Bonchev–Trinajstić information content (AvgIpc) is 2.60. The zero-order valence-electron chi connectivity index (χ0n) is 19.5. The monoisotopic (exact) mass is 436 g/mol. The number of hydrogen-bond donors (Lipinski definition) is 0. The molecule has 1 aromatic rings. The van der Waals surface area contributed by atoms with Gasteiger partial charge in [-0.15, -0.1) is 0 Å². The molecule has 0 aliphatic heterocycles. The lowest BCUT2D eigenvalue weighted by molar-refractivity contribution is -0.135. The number of rotatable bonds is 9. The molecule has 1 rings (SSSR count). The smallest absolute Gasteiger partial charge is 0.308 e. The molecule has 0 aromatic heterocycles. The van der Waals surface area contributed by atoms with Crippen molar-refractivity contribution in [2.75, 3.05) is 0 Å². The summed E-state index contributed by atoms with van der Waals surface area (Å²) in [7, 11) is 0. The van der Waals surface area contributed by atoms with E-state index < -0.39 is 23.9 Å². The molecule has 8 heteroatoms.